The van der Waals surface area contributed by atoms with E-state index in [0.29, 0.717) is 11.6 Å². The van der Waals surface area contributed by atoms with Gasteiger partial charge in [0.15, 0.2) is 0 Å². The van der Waals surface area contributed by atoms with Crippen LogP contribution in [-0.2, 0) is 6.42 Å². The van der Waals surface area contributed by atoms with Gasteiger partial charge in [0.1, 0.15) is 0 Å². The van der Waals surface area contributed by atoms with Crippen molar-refractivity contribution >= 4 is 0 Å². The summed E-state index contributed by atoms with van der Waals surface area (Å²) in [7, 11) is 0. The van der Waals surface area contributed by atoms with Crippen LogP contribution in [0, 0.1) is 0 Å². The molecule has 0 aromatic heterocycles. The second-order valence-electron chi connectivity index (χ2n) is 6.37. The van der Waals surface area contributed by atoms with Crippen LogP contribution >= 0.6 is 0 Å². The molecule has 2 nitrogen and oxygen atoms in total. The van der Waals surface area contributed by atoms with Crippen molar-refractivity contribution in [3.63, 3.8) is 0 Å². The van der Waals surface area contributed by atoms with Crippen molar-refractivity contribution in [1.29, 1.82) is 0 Å². The summed E-state index contributed by atoms with van der Waals surface area (Å²) in [6.07, 6.45) is 4.91. The third-order valence-electron chi connectivity index (χ3n) is 4.97. The molecule has 2 atom stereocenters. The summed E-state index contributed by atoms with van der Waals surface area (Å²) in [6.45, 7) is 10.6. The standard InChI is InChI=1S/C18H30N2/c1-4-17-14-20(18(3,5-2)15-19-17)13-9-12-16-10-7-6-8-11-16/h6-8,10-11,17,19H,4-5,9,12-15H2,1-3H3. The highest BCUT2D eigenvalue weighted by Gasteiger charge is 2.35. The Hall–Kier alpha value is -0.860. The van der Waals surface area contributed by atoms with Crippen LogP contribution in [-0.4, -0.2) is 36.1 Å². The van der Waals surface area contributed by atoms with E-state index in [4.69, 9.17) is 0 Å². The molecule has 1 aliphatic heterocycles. The maximum atomic E-state index is 3.71. The summed E-state index contributed by atoms with van der Waals surface area (Å²) in [5, 5.41) is 3.71. The molecule has 1 aliphatic rings. The smallest absolute Gasteiger partial charge is 0.0303 e. The van der Waals surface area contributed by atoms with Gasteiger partial charge >= 0.3 is 0 Å². The van der Waals surface area contributed by atoms with E-state index in [1.54, 1.807) is 0 Å². The van der Waals surface area contributed by atoms with Gasteiger partial charge in [-0.2, -0.15) is 0 Å². The first-order chi connectivity index (χ1) is 9.68. The first kappa shape index (κ1) is 15.5. The Morgan fingerprint density at radius 1 is 1.25 bits per heavy atom. The van der Waals surface area contributed by atoms with Crippen LogP contribution in [0.1, 0.15) is 45.6 Å². The highest BCUT2D eigenvalue weighted by molar-refractivity contribution is 5.14. The molecule has 1 fully saturated rings. The average Bonchev–Trinajstić information content (AvgIpc) is 2.50. The zero-order valence-corrected chi connectivity index (χ0v) is 13.4. The molecule has 1 N–H and O–H groups in total. The fourth-order valence-electron chi connectivity index (χ4n) is 3.13. The minimum Gasteiger partial charge on any atom is -0.311 e. The second-order valence-corrected chi connectivity index (χ2v) is 6.37. The molecule has 2 heteroatoms. The molecule has 0 radical (unpaired) electrons. The van der Waals surface area contributed by atoms with E-state index in [2.05, 4.69) is 61.3 Å². The number of benzene rings is 1. The second kappa shape index (κ2) is 7.24. The van der Waals surface area contributed by atoms with E-state index in [-0.39, 0.29) is 0 Å². The first-order valence-electron chi connectivity index (χ1n) is 8.20. The summed E-state index contributed by atoms with van der Waals surface area (Å²) >= 11 is 0. The normalized spacial score (nSPS) is 27.6. The number of piperazine rings is 1. The predicted octanol–water partition coefficient (Wildman–Crippen LogP) is 3.47. The molecule has 112 valence electrons. The van der Waals surface area contributed by atoms with E-state index in [1.807, 2.05) is 0 Å². The lowest BCUT2D eigenvalue weighted by molar-refractivity contribution is 0.0472. The molecule has 2 unspecified atom stereocenters. The largest absolute Gasteiger partial charge is 0.311 e. The Morgan fingerprint density at radius 2 is 2.00 bits per heavy atom. The van der Waals surface area contributed by atoms with Crippen molar-refractivity contribution in [2.24, 2.45) is 0 Å². The van der Waals surface area contributed by atoms with Gasteiger partial charge in [0, 0.05) is 24.7 Å². The van der Waals surface area contributed by atoms with Gasteiger partial charge < -0.3 is 5.32 Å². The number of hydrogen-bond donors (Lipinski definition) is 1. The maximum Gasteiger partial charge on any atom is 0.0303 e. The van der Waals surface area contributed by atoms with Crippen molar-refractivity contribution in [2.75, 3.05) is 19.6 Å². The zero-order chi connectivity index (χ0) is 14.4. The molecule has 2 rings (SSSR count). The fraction of sp³-hybridized carbons (Fsp3) is 0.667. The molecule has 0 saturated carbocycles. The zero-order valence-electron chi connectivity index (χ0n) is 13.4. The number of aryl methyl sites for hydroxylation is 1. The third kappa shape index (κ3) is 3.83. The molecule has 0 bridgehead atoms. The van der Waals surface area contributed by atoms with Crippen LogP contribution < -0.4 is 5.32 Å². The Balaban J connectivity index is 1.87. The Morgan fingerprint density at radius 3 is 2.65 bits per heavy atom. The van der Waals surface area contributed by atoms with Gasteiger partial charge in [0.2, 0.25) is 0 Å². The highest BCUT2D eigenvalue weighted by atomic mass is 15.3. The number of nitrogens with zero attached hydrogens (tertiary/aromatic N) is 1. The molecule has 0 aliphatic carbocycles. The minimum absolute atomic E-state index is 0.336. The van der Waals surface area contributed by atoms with Crippen molar-refractivity contribution in [2.45, 2.75) is 58.0 Å². The van der Waals surface area contributed by atoms with E-state index < -0.39 is 0 Å². The maximum absolute atomic E-state index is 3.71. The van der Waals surface area contributed by atoms with Gasteiger partial charge in [-0.05, 0) is 44.7 Å². The lowest BCUT2D eigenvalue weighted by atomic mass is 9.91. The van der Waals surface area contributed by atoms with Gasteiger partial charge in [-0.3, -0.25) is 4.90 Å². The molecule has 1 heterocycles. The molecule has 20 heavy (non-hydrogen) atoms. The highest BCUT2D eigenvalue weighted by Crippen LogP contribution is 2.24. The lowest BCUT2D eigenvalue weighted by Crippen LogP contribution is -2.63. The van der Waals surface area contributed by atoms with Crippen molar-refractivity contribution in [1.82, 2.24) is 10.2 Å². The van der Waals surface area contributed by atoms with E-state index in [1.165, 1.54) is 44.3 Å². The Kier molecular flexibility index (Phi) is 5.62. The predicted molar refractivity (Wildman–Crippen MR) is 87.1 cm³/mol. The molecular formula is C18H30N2. The number of rotatable bonds is 6. The van der Waals surface area contributed by atoms with E-state index in [0.717, 1.165) is 6.54 Å². The molecule has 0 amide bonds. The molecule has 1 aromatic carbocycles. The van der Waals surface area contributed by atoms with Gasteiger partial charge in [0.05, 0.1) is 0 Å². The summed E-state index contributed by atoms with van der Waals surface area (Å²) in [4.78, 5) is 2.72. The van der Waals surface area contributed by atoms with Gasteiger partial charge in [-0.15, -0.1) is 0 Å². The average molecular weight is 274 g/mol. The van der Waals surface area contributed by atoms with Crippen molar-refractivity contribution < 1.29 is 0 Å². The van der Waals surface area contributed by atoms with Crippen molar-refractivity contribution in [3.8, 4) is 0 Å². The van der Waals surface area contributed by atoms with Gasteiger partial charge in [0.25, 0.3) is 0 Å². The molecule has 0 spiro atoms. The van der Waals surface area contributed by atoms with Crippen LogP contribution in [0.15, 0.2) is 30.3 Å². The minimum atomic E-state index is 0.336. The monoisotopic (exact) mass is 274 g/mol. The van der Waals surface area contributed by atoms with E-state index >= 15 is 0 Å². The number of nitrogens with one attached hydrogen (secondary N) is 1. The lowest BCUT2D eigenvalue weighted by Gasteiger charge is -2.48. The first-order valence-corrected chi connectivity index (χ1v) is 8.20. The topological polar surface area (TPSA) is 15.3 Å². The summed E-state index contributed by atoms with van der Waals surface area (Å²) in [5.74, 6) is 0. The number of hydrogen-bond acceptors (Lipinski definition) is 2. The summed E-state index contributed by atoms with van der Waals surface area (Å²) in [5.41, 5.74) is 1.80. The van der Waals surface area contributed by atoms with Gasteiger partial charge in [-0.25, -0.2) is 0 Å². The molecule has 1 saturated heterocycles. The van der Waals surface area contributed by atoms with Crippen LogP contribution in [0.5, 0.6) is 0 Å². The quantitative estimate of drug-likeness (QED) is 0.854. The summed E-state index contributed by atoms with van der Waals surface area (Å²) in [6, 6.07) is 11.5. The fourth-order valence-corrected chi connectivity index (χ4v) is 3.13. The van der Waals surface area contributed by atoms with Crippen LogP contribution in [0.4, 0.5) is 0 Å². The Labute approximate surface area is 124 Å². The SMILES string of the molecule is CCC1CN(CCCc2ccccc2)C(C)(CC)CN1. The van der Waals surface area contributed by atoms with E-state index in [9.17, 15) is 0 Å². The molecular weight excluding hydrogens is 244 g/mol. The van der Waals surface area contributed by atoms with Crippen LogP contribution in [0.25, 0.3) is 0 Å². The Bertz CT molecular complexity index is 390. The van der Waals surface area contributed by atoms with Crippen LogP contribution in [0.3, 0.4) is 0 Å². The third-order valence-corrected chi connectivity index (χ3v) is 4.97. The van der Waals surface area contributed by atoms with Crippen LogP contribution in [0.2, 0.25) is 0 Å². The van der Waals surface area contributed by atoms with Gasteiger partial charge in [-0.1, -0.05) is 44.2 Å². The molecule has 1 aromatic rings. The summed E-state index contributed by atoms with van der Waals surface area (Å²) < 4.78 is 0. The van der Waals surface area contributed by atoms with Crippen molar-refractivity contribution in [3.05, 3.63) is 35.9 Å².